The number of nitrogens with zero attached hydrogens (tertiary/aromatic N) is 1. The standard InChI is InChI=1S/C10H10ClNO4/c1-3-16-10(13)9-7(11)4-6(2)5-8(9)12(14)15/h4-5H,3H2,1-2H3. The molecule has 0 heterocycles. The minimum atomic E-state index is -0.779. The highest BCUT2D eigenvalue weighted by Gasteiger charge is 2.25. The number of carbonyl (C=O) groups excluding carboxylic acids is 1. The monoisotopic (exact) mass is 243 g/mol. The van der Waals surface area contributed by atoms with E-state index in [1.165, 1.54) is 12.1 Å². The van der Waals surface area contributed by atoms with E-state index in [9.17, 15) is 14.9 Å². The quantitative estimate of drug-likeness (QED) is 0.465. The highest BCUT2D eigenvalue weighted by molar-refractivity contribution is 6.34. The van der Waals surface area contributed by atoms with Crippen LogP contribution in [0.25, 0.3) is 0 Å². The van der Waals surface area contributed by atoms with Crippen molar-refractivity contribution in [1.82, 2.24) is 0 Å². The third-order valence-electron chi connectivity index (χ3n) is 1.89. The summed E-state index contributed by atoms with van der Waals surface area (Å²) < 4.78 is 4.71. The van der Waals surface area contributed by atoms with E-state index in [0.717, 1.165) is 0 Å². The minimum Gasteiger partial charge on any atom is -0.462 e. The number of esters is 1. The molecule has 0 saturated heterocycles. The van der Waals surface area contributed by atoms with Gasteiger partial charge in [0.25, 0.3) is 5.69 Å². The van der Waals surface area contributed by atoms with Gasteiger partial charge in [-0.2, -0.15) is 0 Å². The number of halogens is 1. The van der Waals surface area contributed by atoms with Crippen LogP contribution < -0.4 is 0 Å². The van der Waals surface area contributed by atoms with Gasteiger partial charge in [-0.05, 0) is 25.5 Å². The Morgan fingerprint density at radius 2 is 2.19 bits per heavy atom. The van der Waals surface area contributed by atoms with E-state index in [1.54, 1.807) is 13.8 Å². The number of carbonyl (C=O) groups is 1. The summed E-state index contributed by atoms with van der Waals surface area (Å²) in [5, 5.41) is 10.8. The first kappa shape index (κ1) is 12.4. The van der Waals surface area contributed by atoms with E-state index < -0.39 is 10.9 Å². The van der Waals surface area contributed by atoms with Gasteiger partial charge in [0.15, 0.2) is 5.56 Å². The van der Waals surface area contributed by atoms with E-state index in [2.05, 4.69) is 0 Å². The van der Waals surface area contributed by atoms with Gasteiger partial charge in [-0.15, -0.1) is 0 Å². The molecule has 0 aliphatic rings. The fourth-order valence-corrected chi connectivity index (χ4v) is 1.62. The molecule has 16 heavy (non-hydrogen) atoms. The third-order valence-corrected chi connectivity index (χ3v) is 2.19. The molecule has 0 aromatic heterocycles. The maximum atomic E-state index is 11.5. The van der Waals surface area contributed by atoms with Gasteiger partial charge in [-0.25, -0.2) is 4.79 Å². The number of nitro groups is 1. The van der Waals surface area contributed by atoms with Crippen molar-refractivity contribution in [2.24, 2.45) is 0 Å². The second-order valence-corrected chi connectivity index (χ2v) is 3.53. The Balaban J connectivity index is 3.35. The van der Waals surface area contributed by atoms with Crippen LogP contribution in [-0.4, -0.2) is 17.5 Å². The van der Waals surface area contributed by atoms with Gasteiger partial charge < -0.3 is 4.74 Å². The van der Waals surface area contributed by atoms with Crippen LogP contribution in [0.1, 0.15) is 22.8 Å². The van der Waals surface area contributed by atoms with E-state index in [1.807, 2.05) is 0 Å². The number of hydrogen-bond acceptors (Lipinski definition) is 4. The van der Waals surface area contributed by atoms with Crippen molar-refractivity contribution in [3.63, 3.8) is 0 Å². The maximum absolute atomic E-state index is 11.5. The van der Waals surface area contributed by atoms with Crippen molar-refractivity contribution in [3.8, 4) is 0 Å². The van der Waals surface area contributed by atoms with Crippen LogP contribution in [0.5, 0.6) is 0 Å². The van der Waals surface area contributed by atoms with Crippen LogP contribution >= 0.6 is 11.6 Å². The summed E-state index contributed by atoms with van der Waals surface area (Å²) in [5.74, 6) is -0.779. The molecule has 0 saturated carbocycles. The normalized spacial score (nSPS) is 9.94. The summed E-state index contributed by atoms with van der Waals surface area (Å²) in [6.45, 7) is 3.42. The van der Waals surface area contributed by atoms with E-state index >= 15 is 0 Å². The first-order valence-corrected chi connectivity index (χ1v) is 4.96. The summed E-state index contributed by atoms with van der Waals surface area (Å²) in [6, 6.07) is 2.78. The molecule has 0 unspecified atom stereocenters. The van der Waals surface area contributed by atoms with Gasteiger partial charge in [0.2, 0.25) is 0 Å². The number of rotatable bonds is 3. The Hall–Kier alpha value is -1.62. The van der Waals surface area contributed by atoms with Crippen LogP contribution in [0.2, 0.25) is 5.02 Å². The van der Waals surface area contributed by atoms with Crippen LogP contribution in [0.3, 0.4) is 0 Å². The topological polar surface area (TPSA) is 69.4 Å². The Morgan fingerprint density at radius 3 is 2.69 bits per heavy atom. The molecule has 0 fully saturated rings. The molecule has 0 spiro atoms. The average molecular weight is 244 g/mol. The molecule has 1 aromatic rings. The molecule has 0 bridgehead atoms. The lowest BCUT2D eigenvalue weighted by Crippen LogP contribution is -2.09. The molecule has 5 nitrogen and oxygen atoms in total. The lowest BCUT2D eigenvalue weighted by atomic mass is 10.1. The van der Waals surface area contributed by atoms with Gasteiger partial charge in [0, 0.05) is 6.07 Å². The zero-order valence-electron chi connectivity index (χ0n) is 8.82. The van der Waals surface area contributed by atoms with Crippen LogP contribution in [-0.2, 0) is 4.74 Å². The van der Waals surface area contributed by atoms with Crippen molar-refractivity contribution in [3.05, 3.63) is 38.4 Å². The Kier molecular flexibility index (Phi) is 3.84. The Morgan fingerprint density at radius 1 is 1.56 bits per heavy atom. The molecule has 0 amide bonds. The third kappa shape index (κ3) is 2.49. The number of benzene rings is 1. The molecule has 0 atom stereocenters. The molecule has 0 N–H and O–H groups in total. The fraction of sp³-hybridized carbons (Fsp3) is 0.300. The van der Waals surface area contributed by atoms with Gasteiger partial charge in [0.1, 0.15) is 0 Å². The summed E-state index contributed by atoms with van der Waals surface area (Å²) in [5.41, 5.74) is 0.0901. The number of aryl methyl sites for hydroxylation is 1. The first-order valence-electron chi connectivity index (χ1n) is 4.59. The summed E-state index contributed by atoms with van der Waals surface area (Å²) in [6.07, 6.45) is 0. The molecule has 6 heteroatoms. The predicted octanol–water partition coefficient (Wildman–Crippen LogP) is 2.73. The fourth-order valence-electron chi connectivity index (χ4n) is 1.27. The number of nitro benzene ring substituents is 1. The number of ether oxygens (including phenoxy) is 1. The number of hydrogen-bond donors (Lipinski definition) is 0. The van der Waals surface area contributed by atoms with E-state index in [4.69, 9.17) is 16.3 Å². The van der Waals surface area contributed by atoms with Crippen LogP contribution in [0.4, 0.5) is 5.69 Å². The lowest BCUT2D eigenvalue weighted by molar-refractivity contribution is -0.385. The lowest BCUT2D eigenvalue weighted by Gasteiger charge is -2.05. The van der Waals surface area contributed by atoms with Crippen LogP contribution in [0, 0.1) is 17.0 Å². The SMILES string of the molecule is CCOC(=O)c1c(Cl)cc(C)cc1[N+](=O)[O-]. The molecule has 86 valence electrons. The average Bonchev–Trinajstić information content (AvgIpc) is 2.16. The Bertz CT molecular complexity index is 445. The molecule has 0 radical (unpaired) electrons. The van der Waals surface area contributed by atoms with Gasteiger partial charge in [-0.3, -0.25) is 10.1 Å². The van der Waals surface area contributed by atoms with Crippen molar-refractivity contribution < 1.29 is 14.5 Å². The van der Waals surface area contributed by atoms with Crippen molar-refractivity contribution in [2.45, 2.75) is 13.8 Å². The molecular weight excluding hydrogens is 234 g/mol. The first-order chi connectivity index (χ1) is 7.47. The van der Waals surface area contributed by atoms with Gasteiger partial charge in [-0.1, -0.05) is 11.6 Å². The predicted molar refractivity (Wildman–Crippen MR) is 58.8 cm³/mol. The van der Waals surface area contributed by atoms with Crippen LogP contribution in [0.15, 0.2) is 12.1 Å². The minimum absolute atomic E-state index is 0.0325. The zero-order chi connectivity index (χ0) is 12.3. The molecule has 0 aliphatic carbocycles. The second kappa shape index (κ2) is 4.94. The molecular formula is C10H10ClNO4. The highest BCUT2D eigenvalue weighted by atomic mass is 35.5. The zero-order valence-corrected chi connectivity index (χ0v) is 9.58. The van der Waals surface area contributed by atoms with Crippen molar-refractivity contribution in [1.29, 1.82) is 0 Å². The Labute approximate surface area is 97.1 Å². The van der Waals surface area contributed by atoms with Gasteiger partial charge in [0.05, 0.1) is 16.6 Å². The van der Waals surface area contributed by atoms with Gasteiger partial charge >= 0.3 is 5.97 Å². The van der Waals surface area contributed by atoms with Crippen molar-refractivity contribution >= 4 is 23.3 Å². The largest absolute Gasteiger partial charge is 0.462 e. The smallest absolute Gasteiger partial charge is 0.346 e. The second-order valence-electron chi connectivity index (χ2n) is 3.12. The van der Waals surface area contributed by atoms with Crippen molar-refractivity contribution in [2.75, 3.05) is 6.61 Å². The molecule has 0 aliphatic heterocycles. The molecule has 1 aromatic carbocycles. The van der Waals surface area contributed by atoms with E-state index in [-0.39, 0.29) is 22.9 Å². The summed E-state index contributed by atoms with van der Waals surface area (Å²) >= 11 is 5.80. The summed E-state index contributed by atoms with van der Waals surface area (Å²) in [7, 11) is 0. The highest BCUT2D eigenvalue weighted by Crippen LogP contribution is 2.28. The summed E-state index contributed by atoms with van der Waals surface area (Å²) in [4.78, 5) is 21.6. The maximum Gasteiger partial charge on any atom is 0.346 e. The molecule has 1 rings (SSSR count). The van der Waals surface area contributed by atoms with E-state index in [0.29, 0.717) is 5.56 Å².